The quantitative estimate of drug-likeness (QED) is 0.839. The van der Waals surface area contributed by atoms with Crippen LogP contribution >= 0.6 is 0 Å². The topological polar surface area (TPSA) is 41.4 Å². The molecule has 2 fully saturated rings. The number of hydrogen-bond donors (Lipinski definition) is 0. The van der Waals surface area contributed by atoms with Crippen molar-refractivity contribution < 1.29 is 4.79 Å². The SMILES string of the molecule is CC(C)n1ccnc1C1CCCN(C(=O)CN2CCCCCCC2)C1. The monoisotopic (exact) mass is 346 g/mol. The number of likely N-dealkylation sites (tertiary alicyclic amines) is 2. The first-order valence-electron chi connectivity index (χ1n) is 10.2. The highest BCUT2D eigenvalue weighted by atomic mass is 16.2. The summed E-state index contributed by atoms with van der Waals surface area (Å²) in [6, 6.07) is 0.421. The smallest absolute Gasteiger partial charge is 0.236 e. The molecule has 1 atom stereocenters. The van der Waals surface area contributed by atoms with Crippen molar-refractivity contribution in [1.29, 1.82) is 0 Å². The number of hydrogen-bond acceptors (Lipinski definition) is 3. The van der Waals surface area contributed by atoms with Gasteiger partial charge in [-0.3, -0.25) is 9.69 Å². The van der Waals surface area contributed by atoms with Gasteiger partial charge < -0.3 is 9.47 Å². The van der Waals surface area contributed by atoms with Gasteiger partial charge in [-0.15, -0.1) is 0 Å². The molecule has 2 aliphatic rings. The number of carbonyl (C=O) groups is 1. The van der Waals surface area contributed by atoms with Crippen molar-refractivity contribution in [3.8, 4) is 0 Å². The Bertz CT molecular complexity index is 546. The van der Waals surface area contributed by atoms with E-state index < -0.39 is 0 Å². The molecule has 0 N–H and O–H groups in total. The van der Waals surface area contributed by atoms with Gasteiger partial charge in [0, 0.05) is 37.4 Å². The van der Waals surface area contributed by atoms with Gasteiger partial charge in [0.15, 0.2) is 0 Å². The zero-order chi connectivity index (χ0) is 17.6. The van der Waals surface area contributed by atoms with E-state index in [0.717, 1.165) is 44.8 Å². The van der Waals surface area contributed by atoms with Crippen LogP contribution in [0.1, 0.15) is 76.6 Å². The summed E-state index contributed by atoms with van der Waals surface area (Å²) in [5.74, 6) is 1.84. The molecule has 3 heterocycles. The minimum Gasteiger partial charge on any atom is -0.341 e. The molecule has 1 unspecified atom stereocenters. The maximum atomic E-state index is 12.9. The van der Waals surface area contributed by atoms with Gasteiger partial charge in [-0.25, -0.2) is 4.98 Å². The number of carbonyl (C=O) groups excluding carboxylic acids is 1. The highest BCUT2D eigenvalue weighted by Gasteiger charge is 2.28. The molecule has 5 nitrogen and oxygen atoms in total. The lowest BCUT2D eigenvalue weighted by molar-refractivity contribution is -0.133. The van der Waals surface area contributed by atoms with Crippen LogP contribution in [-0.2, 0) is 4.79 Å². The van der Waals surface area contributed by atoms with E-state index in [4.69, 9.17) is 0 Å². The Morgan fingerprint density at radius 3 is 2.56 bits per heavy atom. The first kappa shape index (κ1) is 18.4. The standard InChI is InChI=1S/C20H34N4O/c1-17(2)24-14-10-21-20(24)18-9-8-13-23(15-18)19(25)16-22-11-6-4-3-5-7-12-22/h10,14,17-18H,3-9,11-13,15-16H2,1-2H3. The van der Waals surface area contributed by atoms with Gasteiger partial charge in [0.2, 0.25) is 5.91 Å². The lowest BCUT2D eigenvalue weighted by Gasteiger charge is -2.35. The normalized spacial score (nSPS) is 23.5. The highest BCUT2D eigenvalue weighted by Crippen LogP contribution is 2.27. The number of amides is 1. The molecular weight excluding hydrogens is 312 g/mol. The van der Waals surface area contributed by atoms with Crippen LogP contribution in [0.25, 0.3) is 0 Å². The molecule has 0 aromatic carbocycles. The van der Waals surface area contributed by atoms with Crippen LogP contribution in [0.5, 0.6) is 0 Å². The third kappa shape index (κ3) is 4.84. The molecule has 0 radical (unpaired) electrons. The van der Waals surface area contributed by atoms with Crippen LogP contribution in [0.2, 0.25) is 0 Å². The van der Waals surface area contributed by atoms with Crippen molar-refractivity contribution >= 4 is 5.91 Å². The third-order valence-corrected chi connectivity index (χ3v) is 5.70. The molecule has 5 heteroatoms. The van der Waals surface area contributed by atoms with E-state index in [1.54, 1.807) is 0 Å². The summed E-state index contributed by atoms with van der Waals surface area (Å²) >= 11 is 0. The Kier molecular flexibility index (Phi) is 6.51. The number of imidazole rings is 1. The van der Waals surface area contributed by atoms with Gasteiger partial charge in [0.25, 0.3) is 0 Å². The first-order chi connectivity index (χ1) is 12.1. The van der Waals surface area contributed by atoms with E-state index in [1.165, 1.54) is 32.1 Å². The fourth-order valence-electron chi connectivity index (χ4n) is 4.25. The van der Waals surface area contributed by atoms with E-state index in [-0.39, 0.29) is 0 Å². The summed E-state index contributed by atoms with van der Waals surface area (Å²) < 4.78 is 2.26. The van der Waals surface area contributed by atoms with Crippen LogP contribution in [0.3, 0.4) is 0 Å². The third-order valence-electron chi connectivity index (χ3n) is 5.70. The molecule has 2 aliphatic heterocycles. The summed E-state index contributed by atoms with van der Waals surface area (Å²) in [7, 11) is 0. The number of rotatable bonds is 4. The Hall–Kier alpha value is -1.36. The molecule has 1 amide bonds. The van der Waals surface area contributed by atoms with Crippen LogP contribution in [-0.4, -0.2) is 58.0 Å². The van der Waals surface area contributed by atoms with E-state index in [9.17, 15) is 4.79 Å². The molecule has 1 aromatic rings. The summed E-state index contributed by atoms with van der Waals surface area (Å²) in [6.45, 7) is 8.90. The minimum atomic E-state index is 0.313. The van der Waals surface area contributed by atoms with E-state index in [2.05, 4.69) is 39.4 Å². The summed E-state index contributed by atoms with van der Waals surface area (Å²) in [5, 5.41) is 0. The Labute approximate surface area is 152 Å². The number of nitrogens with zero attached hydrogens (tertiary/aromatic N) is 4. The lowest BCUT2D eigenvalue weighted by Crippen LogP contribution is -2.45. The molecule has 1 aromatic heterocycles. The van der Waals surface area contributed by atoms with Crippen molar-refractivity contribution in [2.45, 2.75) is 70.8 Å². The summed E-state index contributed by atoms with van der Waals surface area (Å²) in [4.78, 5) is 21.9. The van der Waals surface area contributed by atoms with Crippen LogP contribution in [0.4, 0.5) is 0 Å². The Morgan fingerprint density at radius 2 is 1.84 bits per heavy atom. The highest BCUT2D eigenvalue weighted by molar-refractivity contribution is 5.78. The summed E-state index contributed by atoms with van der Waals surface area (Å²) in [5.41, 5.74) is 0. The second-order valence-corrected chi connectivity index (χ2v) is 8.01. The molecule has 3 rings (SSSR count). The van der Waals surface area contributed by atoms with Gasteiger partial charge in [0.05, 0.1) is 6.54 Å². The minimum absolute atomic E-state index is 0.313. The largest absolute Gasteiger partial charge is 0.341 e. The van der Waals surface area contributed by atoms with Gasteiger partial charge >= 0.3 is 0 Å². The summed E-state index contributed by atoms with van der Waals surface area (Å²) in [6.07, 6.45) is 12.7. The van der Waals surface area contributed by atoms with E-state index >= 15 is 0 Å². The van der Waals surface area contributed by atoms with E-state index in [1.807, 2.05) is 6.20 Å². The molecule has 0 aliphatic carbocycles. The molecule has 0 spiro atoms. The predicted octanol–water partition coefficient (Wildman–Crippen LogP) is 3.44. The maximum absolute atomic E-state index is 12.9. The van der Waals surface area contributed by atoms with Crippen LogP contribution in [0.15, 0.2) is 12.4 Å². The second-order valence-electron chi connectivity index (χ2n) is 8.01. The van der Waals surface area contributed by atoms with Crippen molar-refractivity contribution in [2.24, 2.45) is 0 Å². The predicted molar refractivity (Wildman–Crippen MR) is 101 cm³/mol. The van der Waals surface area contributed by atoms with Gasteiger partial charge in [0.1, 0.15) is 5.82 Å². The zero-order valence-corrected chi connectivity index (χ0v) is 16.0. The van der Waals surface area contributed by atoms with Crippen LogP contribution < -0.4 is 0 Å². The van der Waals surface area contributed by atoms with Gasteiger partial charge in [-0.05, 0) is 52.6 Å². The molecule has 140 valence electrons. The Balaban J connectivity index is 1.58. The average molecular weight is 347 g/mol. The van der Waals surface area contributed by atoms with Crippen molar-refractivity contribution in [2.75, 3.05) is 32.7 Å². The zero-order valence-electron chi connectivity index (χ0n) is 16.0. The van der Waals surface area contributed by atoms with Crippen molar-refractivity contribution in [3.63, 3.8) is 0 Å². The molecule has 25 heavy (non-hydrogen) atoms. The molecular formula is C20H34N4O. The number of aromatic nitrogens is 2. The fourth-order valence-corrected chi connectivity index (χ4v) is 4.25. The van der Waals surface area contributed by atoms with Crippen molar-refractivity contribution in [1.82, 2.24) is 19.4 Å². The maximum Gasteiger partial charge on any atom is 0.236 e. The van der Waals surface area contributed by atoms with Crippen LogP contribution in [0, 0.1) is 0 Å². The van der Waals surface area contributed by atoms with Gasteiger partial charge in [-0.2, -0.15) is 0 Å². The van der Waals surface area contributed by atoms with Gasteiger partial charge in [-0.1, -0.05) is 19.3 Å². The lowest BCUT2D eigenvalue weighted by atomic mass is 9.96. The molecule has 0 bridgehead atoms. The second kappa shape index (κ2) is 8.84. The first-order valence-corrected chi connectivity index (χ1v) is 10.2. The average Bonchev–Trinajstić information content (AvgIpc) is 3.07. The van der Waals surface area contributed by atoms with E-state index in [0.29, 0.717) is 24.4 Å². The molecule has 0 saturated carbocycles. The fraction of sp³-hybridized carbons (Fsp3) is 0.800. The Morgan fingerprint density at radius 1 is 1.12 bits per heavy atom. The number of piperidine rings is 1. The van der Waals surface area contributed by atoms with Crippen molar-refractivity contribution in [3.05, 3.63) is 18.2 Å². The molecule has 2 saturated heterocycles.